The minimum Gasteiger partial charge on any atom is -0.392 e. The zero-order valence-corrected chi connectivity index (χ0v) is 10.9. The molecular formula is C9H13ClN4O3S. The lowest BCUT2D eigenvalue weighted by Crippen LogP contribution is -2.29. The van der Waals surface area contributed by atoms with E-state index in [0.29, 0.717) is 6.42 Å². The first-order chi connectivity index (χ1) is 8.45. The highest BCUT2D eigenvalue weighted by molar-refractivity contribution is 7.89. The highest BCUT2D eigenvalue weighted by Gasteiger charge is 2.32. The summed E-state index contributed by atoms with van der Waals surface area (Å²) in [7, 11) is -3.66. The number of aromatic nitrogens is 1. The Kier molecular flexibility index (Phi) is 3.74. The zero-order chi connectivity index (χ0) is 13.3. The van der Waals surface area contributed by atoms with Gasteiger partial charge in [0.15, 0.2) is 5.82 Å². The Hall–Kier alpha value is -0.930. The van der Waals surface area contributed by atoms with Gasteiger partial charge in [0.25, 0.3) is 0 Å². The van der Waals surface area contributed by atoms with E-state index in [9.17, 15) is 13.5 Å². The molecule has 100 valence electrons. The number of aliphatic hydroxyl groups excluding tert-OH is 1. The molecule has 9 heteroatoms. The maximum atomic E-state index is 12.2. The maximum absolute atomic E-state index is 12.2. The summed E-state index contributed by atoms with van der Waals surface area (Å²) in [5, 5.41) is 9.50. The van der Waals surface area contributed by atoms with Gasteiger partial charge in [0.2, 0.25) is 10.0 Å². The number of hydrogen-bond donors (Lipinski definition) is 3. The number of hydrazine groups is 1. The van der Waals surface area contributed by atoms with Crippen LogP contribution in [-0.2, 0) is 10.0 Å². The van der Waals surface area contributed by atoms with Gasteiger partial charge in [0.05, 0.1) is 11.1 Å². The number of pyridine rings is 1. The van der Waals surface area contributed by atoms with Crippen molar-refractivity contribution in [1.29, 1.82) is 0 Å². The summed E-state index contributed by atoms with van der Waals surface area (Å²) in [6.07, 6.45) is 0.998. The Balaban J connectivity index is 2.33. The first kappa shape index (κ1) is 13.5. The average molecular weight is 293 g/mol. The van der Waals surface area contributed by atoms with Crippen molar-refractivity contribution in [3.63, 3.8) is 0 Å². The second-order valence-corrected chi connectivity index (χ2v) is 6.30. The topological polar surface area (TPSA) is 109 Å². The van der Waals surface area contributed by atoms with Crippen molar-refractivity contribution < 1.29 is 13.5 Å². The van der Waals surface area contributed by atoms with Gasteiger partial charge < -0.3 is 10.5 Å². The summed E-state index contributed by atoms with van der Waals surface area (Å²) in [5.74, 6) is 5.37. The molecule has 1 aliphatic rings. The third-order valence-electron chi connectivity index (χ3n) is 2.72. The predicted octanol–water partition coefficient (Wildman–Crippen LogP) is -0.224. The molecule has 1 fully saturated rings. The SMILES string of the molecule is NNc1ncc(S(=O)(=O)N2CCC(O)C2)cc1Cl. The fourth-order valence-corrected chi connectivity index (χ4v) is 3.50. The maximum Gasteiger partial charge on any atom is 0.244 e. The Morgan fingerprint density at radius 3 is 2.83 bits per heavy atom. The van der Waals surface area contributed by atoms with Crippen LogP contribution in [0, 0.1) is 0 Å². The molecule has 18 heavy (non-hydrogen) atoms. The molecule has 1 saturated heterocycles. The number of nitrogen functional groups attached to an aromatic ring is 1. The molecule has 7 nitrogen and oxygen atoms in total. The molecule has 0 spiro atoms. The molecule has 1 aromatic heterocycles. The quantitative estimate of drug-likeness (QED) is 0.525. The van der Waals surface area contributed by atoms with E-state index in [4.69, 9.17) is 17.4 Å². The molecule has 0 amide bonds. The van der Waals surface area contributed by atoms with Crippen LogP contribution >= 0.6 is 11.6 Å². The molecule has 0 saturated carbocycles. The number of nitrogens with zero attached hydrogens (tertiary/aromatic N) is 2. The number of sulfonamides is 1. The number of nitrogens with one attached hydrogen (secondary N) is 1. The van der Waals surface area contributed by atoms with Crippen molar-refractivity contribution in [3.05, 3.63) is 17.3 Å². The Labute approximate surface area is 110 Å². The fourth-order valence-electron chi connectivity index (χ4n) is 1.75. The van der Waals surface area contributed by atoms with E-state index in [0.717, 1.165) is 0 Å². The molecule has 0 aliphatic carbocycles. The fraction of sp³-hybridized carbons (Fsp3) is 0.444. The smallest absolute Gasteiger partial charge is 0.244 e. The summed E-state index contributed by atoms with van der Waals surface area (Å²) >= 11 is 5.83. The van der Waals surface area contributed by atoms with Gasteiger partial charge in [-0.2, -0.15) is 4.31 Å². The van der Waals surface area contributed by atoms with Gasteiger partial charge in [-0.05, 0) is 12.5 Å². The standard InChI is InChI=1S/C9H13ClN4O3S/c10-8-3-7(4-12-9(8)13-11)18(16,17)14-2-1-6(15)5-14/h3-4,6,15H,1-2,5,11H2,(H,12,13). The molecule has 2 heterocycles. The van der Waals surface area contributed by atoms with Gasteiger partial charge in [-0.15, -0.1) is 0 Å². The number of aliphatic hydroxyl groups is 1. The summed E-state index contributed by atoms with van der Waals surface area (Å²) in [6, 6.07) is 1.28. The molecule has 1 atom stereocenters. The van der Waals surface area contributed by atoms with E-state index in [1.807, 2.05) is 0 Å². The van der Waals surface area contributed by atoms with Gasteiger partial charge in [-0.1, -0.05) is 11.6 Å². The minimum atomic E-state index is -3.66. The molecule has 2 rings (SSSR count). The molecule has 1 aromatic rings. The summed E-state index contributed by atoms with van der Waals surface area (Å²) in [4.78, 5) is 3.80. The van der Waals surface area contributed by atoms with Crippen LogP contribution in [-0.4, -0.2) is 42.0 Å². The molecule has 1 unspecified atom stereocenters. The number of β-amino-alcohol motifs (C(OH)–C–C–N with tert-alkyl or cyclic N) is 1. The number of halogens is 1. The van der Waals surface area contributed by atoms with E-state index in [2.05, 4.69) is 10.4 Å². The monoisotopic (exact) mass is 292 g/mol. The van der Waals surface area contributed by atoms with Gasteiger partial charge >= 0.3 is 0 Å². The highest BCUT2D eigenvalue weighted by Crippen LogP contribution is 2.25. The van der Waals surface area contributed by atoms with E-state index in [1.165, 1.54) is 16.6 Å². The van der Waals surface area contributed by atoms with Crippen LogP contribution in [0.3, 0.4) is 0 Å². The van der Waals surface area contributed by atoms with Crippen molar-refractivity contribution in [2.75, 3.05) is 18.5 Å². The lowest BCUT2D eigenvalue weighted by Gasteiger charge is -2.16. The van der Waals surface area contributed by atoms with E-state index in [-0.39, 0.29) is 28.8 Å². The van der Waals surface area contributed by atoms with Crippen molar-refractivity contribution in [1.82, 2.24) is 9.29 Å². The van der Waals surface area contributed by atoms with Crippen LogP contribution in [0.15, 0.2) is 17.2 Å². The third kappa shape index (κ3) is 2.43. The highest BCUT2D eigenvalue weighted by atomic mass is 35.5. The van der Waals surface area contributed by atoms with E-state index < -0.39 is 16.1 Å². The molecule has 1 aliphatic heterocycles. The van der Waals surface area contributed by atoms with Crippen molar-refractivity contribution in [2.45, 2.75) is 17.4 Å². The minimum absolute atomic E-state index is 0.0133. The molecular weight excluding hydrogens is 280 g/mol. The van der Waals surface area contributed by atoms with Crippen LogP contribution in [0.25, 0.3) is 0 Å². The summed E-state index contributed by atoms with van der Waals surface area (Å²) in [5.41, 5.74) is 2.26. The van der Waals surface area contributed by atoms with E-state index in [1.54, 1.807) is 0 Å². The van der Waals surface area contributed by atoms with Gasteiger partial charge in [-0.3, -0.25) is 0 Å². The molecule has 0 radical (unpaired) electrons. The van der Waals surface area contributed by atoms with Crippen LogP contribution in [0.1, 0.15) is 6.42 Å². The van der Waals surface area contributed by atoms with Gasteiger partial charge in [0, 0.05) is 19.3 Å². The molecule has 0 bridgehead atoms. The lowest BCUT2D eigenvalue weighted by atomic mass is 10.3. The van der Waals surface area contributed by atoms with Crippen molar-refractivity contribution in [3.8, 4) is 0 Å². The Morgan fingerprint density at radius 1 is 1.61 bits per heavy atom. The average Bonchev–Trinajstić information content (AvgIpc) is 2.76. The number of hydrogen-bond acceptors (Lipinski definition) is 6. The van der Waals surface area contributed by atoms with Crippen LogP contribution in [0.5, 0.6) is 0 Å². The lowest BCUT2D eigenvalue weighted by molar-refractivity contribution is 0.189. The first-order valence-electron chi connectivity index (χ1n) is 5.25. The summed E-state index contributed by atoms with van der Waals surface area (Å²) in [6.45, 7) is 0.384. The predicted molar refractivity (Wildman–Crippen MR) is 66.4 cm³/mol. The number of anilines is 1. The Morgan fingerprint density at radius 2 is 2.33 bits per heavy atom. The Bertz CT molecular complexity index is 551. The molecule has 4 N–H and O–H groups in total. The zero-order valence-electron chi connectivity index (χ0n) is 9.38. The second kappa shape index (κ2) is 4.98. The van der Waals surface area contributed by atoms with Crippen LogP contribution < -0.4 is 11.3 Å². The van der Waals surface area contributed by atoms with Crippen LogP contribution in [0.2, 0.25) is 5.02 Å². The van der Waals surface area contributed by atoms with Gasteiger partial charge in [0.1, 0.15) is 4.90 Å². The van der Waals surface area contributed by atoms with E-state index >= 15 is 0 Å². The summed E-state index contributed by atoms with van der Waals surface area (Å²) < 4.78 is 25.6. The normalized spacial score (nSPS) is 21.2. The number of rotatable bonds is 3. The third-order valence-corrected chi connectivity index (χ3v) is 4.84. The van der Waals surface area contributed by atoms with Crippen molar-refractivity contribution in [2.24, 2.45) is 5.84 Å². The van der Waals surface area contributed by atoms with Crippen molar-refractivity contribution >= 4 is 27.4 Å². The van der Waals surface area contributed by atoms with Crippen LogP contribution in [0.4, 0.5) is 5.82 Å². The first-order valence-corrected chi connectivity index (χ1v) is 7.07. The second-order valence-electron chi connectivity index (χ2n) is 3.95. The number of nitrogens with two attached hydrogens (primary N) is 1. The largest absolute Gasteiger partial charge is 0.392 e. The van der Waals surface area contributed by atoms with Gasteiger partial charge in [-0.25, -0.2) is 19.2 Å². The molecule has 0 aromatic carbocycles.